The topological polar surface area (TPSA) is 118 Å². The van der Waals surface area contributed by atoms with E-state index in [0.29, 0.717) is 0 Å². The first-order valence-corrected chi connectivity index (χ1v) is 6.34. The Kier molecular flexibility index (Phi) is 3.02. The summed E-state index contributed by atoms with van der Waals surface area (Å²) in [5.74, 6) is -3.04. The van der Waals surface area contributed by atoms with Gasteiger partial charge in [-0.25, -0.2) is 4.79 Å². The number of Topliss-reactive ketones (excluding diaryl/α,β-unsaturated/α-hetero) is 2. The molecule has 2 unspecified atom stereocenters. The van der Waals surface area contributed by atoms with Crippen molar-refractivity contribution in [3.8, 4) is 0 Å². The highest BCUT2D eigenvalue weighted by Gasteiger charge is 2.60. The van der Waals surface area contributed by atoms with Gasteiger partial charge in [0.1, 0.15) is 11.4 Å². The summed E-state index contributed by atoms with van der Waals surface area (Å²) in [5.41, 5.74) is 5.39. The van der Waals surface area contributed by atoms with Gasteiger partial charge in [0.25, 0.3) is 0 Å². The number of thioether (sulfide) groups is 1. The van der Waals surface area contributed by atoms with Crippen LogP contribution in [0.15, 0.2) is 11.8 Å². The quantitative estimate of drug-likeness (QED) is 0.510. The molecule has 2 aliphatic rings. The molecule has 0 aliphatic carbocycles. The number of hydrogen-bond donors (Lipinski definition) is 2. The number of β-lactam (4-membered cyclic amide) rings is 1. The molecule has 8 heteroatoms. The molecule has 3 atom stereocenters. The van der Waals surface area contributed by atoms with Gasteiger partial charge in [-0.15, -0.1) is 11.8 Å². The number of rotatable bonds is 3. The number of fused-ring (bicyclic) bond motifs is 1. The number of carboxylic acids is 1. The van der Waals surface area contributed by atoms with E-state index in [1.807, 2.05) is 0 Å². The molecule has 1 amide bonds. The highest BCUT2D eigenvalue weighted by molar-refractivity contribution is 8.03. The Morgan fingerprint density at radius 2 is 2.00 bits per heavy atom. The van der Waals surface area contributed by atoms with Crippen LogP contribution in [-0.4, -0.2) is 49.6 Å². The number of carboxylic acid groups (broad SMARTS) is 1. The van der Waals surface area contributed by atoms with E-state index in [9.17, 15) is 24.3 Å². The van der Waals surface area contributed by atoms with Gasteiger partial charge in [-0.3, -0.25) is 14.4 Å². The maximum absolute atomic E-state index is 11.8. The molecule has 7 nitrogen and oxygen atoms in total. The third-order valence-corrected chi connectivity index (χ3v) is 5.04. The molecule has 0 spiro atoms. The molecule has 2 aliphatic heterocycles. The Bertz CT molecular complexity index is 527. The minimum absolute atomic E-state index is 0.200. The van der Waals surface area contributed by atoms with E-state index < -0.39 is 39.6 Å². The zero-order valence-corrected chi connectivity index (χ0v) is 11.1. The van der Waals surface area contributed by atoms with Crippen LogP contribution in [0.2, 0.25) is 0 Å². The van der Waals surface area contributed by atoms with Crippen molar-refractivity contribution in [2.45, 2.75) is 30.0 Å². The SMILES string of the molecule is CC(=O)C1=CN2C(=O)C(N)[C@H]2SC1(C(C)=O)C(=O)O. The fourth-order valence-electron chi connectivity index (χ4n) is 2.18. The predicted molar refractivity (Wildman–Crippen MR) is 66.0 cm³/mol. The van der Waals surface area contributed by atoms with Crippen molar-refractivity contribution in [3.05, 3.63) is 11.8 Å². The molecule has 0 radical (unpaired) electrons. The molecule has 3 N–H and O–H groups in total. The van der Waals surface area contributed by atoms with Crippen molar-refractivity contribution in [2.24, 2.45) is 5.73 Å². The Labute approximate surface area is 112 Å². The fraction of sp³-hybridized carbons (Fsp3) is 0.455. The molecule has 0 aromatic heterocycles. The lowest BCUT2D eigenvalue weighted by Gasteiger charge is -2.49. The van der Waals surface area contributed by atoms with E-state index in [1.165, 1.54) is 4.90 Å². The molecule has 0 aromatic carbocycles. The van der Waals surface area contributed by atoms with Crippen molar-refractivity contribution in [2.75, 3.05) is 0 Å². The summed E-state index contributed by atoms with van der Waals surface area (Å²) < 4.78 is -1.98. The second kappa shape index (κ2) is 4.17. The van der Waals surface area contributed by atoms with Gasteiger partial charge >= 0.3 is 5.97 Å². The number of nitrogens with zero attached hydrogens (tertiary/aromatic N) is 1. The molecular weight excluding hydrogens is 272 g/mol. The summed E-state index contributed by atoms with van der Waals surface area (Å²) in [7, 11) is 0. The maximum atomic E-state index is 11.8. The van der Waals surface area contributed by atoms with Crippen LogP contribution in [0.4, 0.5) is 0 Å². The van der Waals surface area contributed by atoms with Gasteiger partial charge < -0.3 is 15.7 Å². The fourth-order valence-corrected chi connectivity index (χ4v) is 3.67. The normalized spacial score (nSPS) is 33.1. The lowest BCUT2D eigenvalue weighted by molar-refractivity contribution is -0.145. The summed E-state index contributed by atoms with van der Waals surface area (Å²) in [6.45, 7) is 2.27. The number of aliphatic carboxylic acids is 1. The van der Waals surface area contributed by atoms with Crippen LogP contribution >= 0.6 is 11.8 Å². The van der Waals surface area contributed by atoms with Crippen LogP contribution in [0.1, 0.15) is 13.8 Å². The van der Waals surface area contributed by atoms with Crippen molar-refractivity contribution in [1.82, 2.24) is 4.90 Å². The molecule has 1 fully saturated rings. The van der Waals surface area contributed by atoms with Crippen LogP contribution in [0.5, 0.6) is 0 Å². The van der Waals surface area contributed by atoms with Gasteiger partial charge in [-0.1, -0.05) is 0 Å². The van der Waals surface area contributed by atoms with E-state index in [2.05, 4.69) is 0 Å². The highest BCUT2D eigenvalue weighted by Crippen LogP contribution is 2.47. The zero-order chi connectivity index (χ0) is 14.5. The Hall–Kier alpha value is -1.67. The van der Waals surface area contributed by atoms with Crippen LogP contribution in [-0.2, 0) is 19.2 Å². The summed E-state index contributed by atoms with van der Waals surface area (Å²) in [4.78, 5) is 47.7. The average molecular weight is 284 g/mol. The minimum Gasteiger partial charge on any atom is -0.480 e. The molecule has 0 aromatic rings. The number of carbonyl (C=O) groups is 4. The van der Waals surface area contributed by atoms with Crippen molar-refractivity contribution in [3.63, 3.8) is 0 Å². The van der Waals surface area contributed by atoms with Gasteiger partial charge in [0.15, 0.2) is 11.6 Å². The van der Waals surface area contributed by atoms with E-state index in [4.69, 9.17) is 5.73 Å². The van der Waals surface area contributed by atoms with E-state index in [0.717, 1.165) is 31.8 Å². The van der Waals surface area contributed by atoms with E-state index in [-0.39, 0.29) is 5.57 Å². The van der Waals surface area contributed by atoms with Crippen LogP contribution in [0, 0.1) is 0 Å². The molecule has 2 heterocycles. The standard InChI is InChI=1S/C11H12N2O5S/c1-4(14)6-3-13-8(16)7(12)9(13)19-11(6,5(2)15)10(17)18/h3,7,9H,12H2,1-2H3,(H,17,18)/t7?,9-,11?/m1/s1. The van der Waals surface area contributed by atoms with Gasteiger partial charge in [0.05, 0.1) is 0 Å². The molecule has 19 heavy (non-hydrogen) atoms. The smallest absolute Gasteiger partial charge is 0.332 e. The number of nitrogens with two attached hydrogens (primary N) is 1. The highest BCUT2D eigenvalue weighted by atomic mass is 32.2. The van der Waals surface area contributed by atoms with Crippen molar-refractivity contribution in [1.29, 1.82) is 0 Å². The number of ketones is 2. The monoisotopic (exact) mass is 284 g/mol. The third kappa shape index (κ3) is 1.63. The number of carbonyl (C=O) groups excluding carboxylic acids is 3. The van der Waals surface area contributed by atoms with Crippen LogP contribution < -0.4 is 5.73 Å². The van der Waals surface area contributed by atoms with Gasteiger partial charge in [-0.05, 0) is 13.8 Å². The lowest BCUT2D eigenvalue weighted by Crippen LogP contribution is -2.69. The summed E-state index contributed by atoms with van der Waals surface area (Å²) >= 11 is 0.735. The van der Waals surface area contributed by atoms with Crippen LogP contribution in [0.25, 0.3) is 0 Å². The van der Waals surface area contributed by atoms with Crippen molar-refractivity contribution < 1.29 is 24.3 Å². The summed E-state index contributed by atoms with van der Waals surface area (Å²) in [6.07, 6.45) is 1.14. The number of amides is 1. The molecule has 102 valence electrons. The predicted octanol–water partition coefficient (Wildman–Crippen LogP) is -0.886. The summed E-state index contributed by atoms with van der Waals surface area (Å²) in [6, 6.07) is -0.854. The van der Waals surface area contributed by atoms with Gasteiger partial charge in [0, 0.05) is 11.8 Å². The molecule has 2 rings (SSSR count). The van der Waals surface area contributed by atoms with E-state index in [1.54, 1.807) is 0 Å². The first-order valence-electron chi connectivity index (χ1n) is 5.46. The maximum Gasteiger partial charge on any atom is 0.332 e. The van der Waals surface area contributed by atoms with Gasteiger partial charge in [-0.2, -0.15) is 0 Å². The molecule has 0 saturated carbocycles. The van der Waals surface area contributed by atoms with Crippen LogP contribution in [0.3, 0.4) is 0 Å². The summed E-state index contributed by atoms with van der Waals surface area (Å²) in [5, 5.41) is 8.75. The Morgan fingerprint density at radius 1 is 1.42 bits per heavy atom. The molecule has 0 bridgehead atoms. The van der Waals surface area contributed by atoms with Gasteiger partial charge in [0.2, 0.25) is 10.7 Å². The Morgan fingerprint density at radius 3 is 2.42 bits per heavy atom. The zero-order valence-electron chi connectivity index (χ0n) is 10.2. The first-order chi connectivity index (χ1) is 8.73. The second-order valence-corrected chi connectivity index (χ2v) is 5.75. The number of hydrogen-bond acceptors (Lipinski definition) is 6. The molecule has 1 saturated heterocycles. The third-order valence-electron chi connectivity index (χ3n) is 3.24. The minimum atomic E-state index is -1.98. The Balaban J connectivity index is 2.60. The van der Waals surface area contributed by atoms with E-state index >= 15 is 0 Å². The lowest BCUT2D eigenvalue weighted by atomic mass is 9.90. The average Bonchev–Trinajstić information content (AvgIpc) is 2.35. The van der Waals surface area contributed by atoms with Crippen molar-refractivity contribution >= 4 is 35.2 Å². The first kappa shape index (κ1) is 13.8. The molecular formula is C11H12N2O5S. The second-order valence-electron chi connectivity index (χ2n) is 4.42. The largest absolute Gasteiger partial charge is 0.480 e.